The fourth-order valence-corrected chi connectivity index (χ4v) is 3.21. The Morgan fingerprint density at radius 1 is 1.29 bits per heavy atom. The van der Waals surface area contributed by atoms with Crippen molar-refractivity contribution in [3.63, 3.8) is 0 Å². The number of ether oxygens (including phenoxy) is 1. The molecule has 9 heteroatoms. The Balaban J connectivity index is 1.57. The molecule has 2 N–H and O–H groups in total. The standard InChI is InChI=1S/C19H23FN4O4/c1-12-9-17(23-28-12)22-19(26)21-16-10-13(3-4-15(16)20)11-24-7-5-14(6-8-24)18(25)27-2/h3-4,9-10,14H,5-8,11H2,1-2H3,(H2,21,22,23,26). The van der Waals surface area contributed by atoms with E-state index >= 15 is 0 Å². The van der Waals surface area contributed by atoms with Crippen LogP contribution in [-0.2, 0) is 16.1 Å². The average molecular weight is 390 g/mol. The van der Waals surface area contributed by atoms with Gasteiger partial charge in [0, 0.05) is 12.6 Å². The van der Waals surface area contributed by atoms with E-state index in [-0.39, 0.29) is 23.4 Å². The summed E-state index contributed by atoms with van der Waals surface area (Å²) in [4.78, 5) is 25.8. The highest BCUT2D eigenvalue weighted by atomic mass is 19.1. The predicted octanol–water partition coefficient (Wildman–Crippen LogP) is 3.15. The number of rotatable bonds is 5. The summed E-state index contributed by atoms with van der Waals surface area (Å²) in [5.74, 6) is 0.0518. The quantitative estimate of drug-likeness (QED) is 0.762. The molecule has 2 heterocycles. The molecule has 1 aromatic carbocycles. The number of carbonyl (C=O) groups excluding carboxylic acids is 2. The Kier molecular flexibility index (Phi) is 6.25. The third kappa shape index (κ3) is 5.07. The van der Waals surface area contributed by atoms with Crippen LogP contribution in [0, 0.1) is 18.7 Å². The van der Waals surface area contributed by atoms with E-state index in [1.54, 1.807) is 25.1 Å². The van der Waals surface area contributed by atoms with E-state index in [4.69, 9.17) is 9.26 Å². The second-order valence-electron chi connectivity index (χ2n) is 6.79. The minimum Gasteiger partial charge on any atom is -0.469 e. The molecule has 1 aliphatic heterocycles. The van der Waals surface area contributed by atoms with E-state index in [0.717, 1.165) is 31.5 Å². The number of piperidine rings is 1. The summed E-state index contributed by atoms with van der Waals surface area (Å²) >= 11 is 0. The maximum atomic E-state index is 14.1. The van der Waals surface area contributed by atoms with Crippen molar-refractivity contribution in [3.8, 4) is 0 Å². The number of nitrogens with zero attached hydrogens (tertiary/aromatic N) is 2. The number of urea groups is 1. The summed E-state index contributed by atoms with van der Waals surface area (Å²) in [5.41, 5.74) is 0.949. The Labute approximate surface area is 162 Å². The van der Waals surface area contributed by atoms with E-state index in [9.17, 15) is 14.0 Å². The molecule has 1 fully saturated rings. The molecular formula is C19H23FN4O4. The van der Waals surface area contributed by atoms with Crippen LogP contribution in [0.3, 0.4) is 0 Å². The number of likely N-dealkylation sites (tertiary alicyclic amines) is 1. The topological polar surface area (TPSA) is 96.7 Å². The van der Waals surface area contributed by atoms with Gasteiger partial charge in [0.1, 0.15) is 11.6 Å². The van der Waals surface area contributed by atoms with Crippen LogP contribution < -0.4 is 10.6 Å². The van der Waals surface area contributed by atoms with E-state index < -0.39 is 11.8 Å². The predicted molar refractivity (Wildman–Crippen MR) is 100 cm³/mol. The van der Waals surface area contributed by atoms with Crippen LogP contribution in [-0.4, -0.2) is 42.3 Å². The number of hydrogen-bond acceptors (Lipinski definition) is 6. The normalized spacial score (nSPS) is 15.2. The van der Waals surface area contributed by atoms with Crippen molar-refractivity contribution >= 4 is 23.5 Å². The molecule has 28 heavy (non-hydrogen) atoms. The third-order valence-corrected chi connectivity index (χ3v) is 4.68. The van der Waals surface area contributed by atoms with Gasteiger partial charge in [0.2, 0.25) is 0 Å². The molecule has 0 atom stereocenters. The number of esters is 1. The lowest BCUT2D eigenvalue weighted by Crippen LogP contribution is -2.36. The van der Waals surface area contributed by atoms with Gasteiger partial charge in [0.15, 0.2) is 5.82 Å². The van der Waals surface area contributed by atoms with Crippen molar-refractivity contribution in [1.82, 2.24) is 10.1 Å². The zero-order chi connectivity index (χ0) is 20.1. The van der Waals surface area contributed by atoms with Crippen LogP contribution in [0.2, 0.25) is 0 Å². The van der Waals surface area contributed by atoms with Gasteiger partial charge in [-0.25, -0.2) is 9.18 Å². The first-order chi connectivity index (χ1) is 13.4. The first kappa shape index (κ1) is 19.8. The zero-order valence-electron chi connectivity index (χ0n) is 15.8. The van der Waals surface area contributed by atoms with E-state index in [2.05, 4.69) is 20.7 Å². The highest BCUT2D eigenvalue weighted by Gasteiger charge is 2.25. The molecule has 0 spiro atoms. The van der Waals surface area contributed by atoms with E-state index in [1.165, 1.54) is 13.2 Å². The van der Waals surface area contributed by atoms with Crippen LogP contribution in [0.4, 0.5) is 20.7 Å². The Hall–Kier alpha value is -2.94. The number of nitrogens with one attached hydrogen (secondary N) is 2. The SMILES string of the molecule is COC(=O)C1CCN(Cc2ccc(F)c(NC(=O)Nc3cc(C)on3)c2)CC1. The smallest absolute Gasteiger partial charge is 0.325 e. The molecule has 1 aromatic heterocycles. The van der Waals surface area contributed by atoms with Gasteiger partial charge in [0.25, 0.3) is 0 Å². The van der Waals surface area contributed by atoms with Crippen molar-refractivity contribution in [2.24, 2.45) is 5.92 Å². The second-order valence-corrected chi connectivity index (χ2v) is 6.79. The summed E-state index contributed by atoms with van der Waals surface area (Å²) in [5, 5.41) is 8.63. The number of aromatic nitrogens is 1. The maximum absolute atomic E-state index is 14.1. The van der Waals surface area contributed by atoms with Crippen molar-refractivity contribution in [2.75, 3.05) is 30.8 Å². The molecule has 8 nitrogen and oxygen atoms in total. The van der Waals surface area contributed by atoms with Crippen LogP contribution in [0.5, 0.6) is 0 Å². The molecule has 1 saturated heterocycles. The summed E-state index contributed by atoms with van der Waals surface area (Å²) in [6.45, 7) is 3.82. The summed E-state index contributed by atoms with van der Waals surface area (Å²) in [6.07, 6.45) is 1.47. The molecule has 2 amide bonds. The molecule has 0 bridgehead atoms. The number of halogens is 1. The second kappa shape index (κ2) is 8.83. The number of amides is 2. The van der Waals surface area contributed by atoms with Crippen molar-refractivity contribution < 1.29 is 23.2 Å². The summed E-state index contributed by atoms with van der Waals surface area (Å²) in [7, 11) is 1.40. The molecule has 150 valence electrons. The van der Waals surface area contributed by atoms with Crippen LogP contribution >= 0.6 is 0 Å². The van der Waals surface area contributed by atoms with Crippen LogP contribution in [0.25, 0.3) is 0 Å². The van der Waals surface area contributed by atoms with E-state index in [0.29, 0.717) is 12.3 Å². The highest BCUT2D eigenvalue weighted by molar-refractivity contribution is 5.99. The average Bonchev–Trinajstić information content (AvgIpc) is 3.09. The largest absolute Gasteiger partial charge is 0.469 e. The Bertz CT molecular complexity index is 846. The molecule has 2 aromatic rings. The minimum absolute atomic E-state index is 0.0597. The molecule has 1 aliphatic rings. The van der Waals surface area contributed by atoms with Gasteiger partial charge >= 0.3 is 12.0 Å². The molecule has 0 saturated carbocycles. The Morgan fingerprint density at radius 2 is 2.04 bits per heavy atom. The van der Waals surface area contributed by atoms with Gasteiger partial charge in [0.05, 0.1) is 18.7 Å². The van der Waals surface area contributed by atoms with Gasteiger partial charge in [-0.2, -0.15) is 0 Å². The van der Waals surface area contributed by atoms with Gasteiger partial charge in [-0.15, -0.1) is 0 Å². The molecule has 0 aliphatic carbocycles. The number of aryl methyl sites for hydroxylation is 1. The van der Waals surface area contributed by atoms with Crippen LogP contribution in [0.1, 0.15) is 24.2 Å². The van der Waals surface area contributed by atoms with Crippen molar-refractivity contribution in [1.29, 1.82) is 0 Å². The van der Waals surface area contributed by atoms with Gasteiger partial charge in [-0.1, -0.05) is 11.2 Å². The molecule has 0 radical (unpaired) electrons. The number of methoxy groups -OCH3 is 1. The van der Waals surface area contributed by atoms with Crippen LogP contribution in [0.15, 0.2) is 28.8 Å². The Morgan fingerprint density at radius 3 is 2.68 bits per heavy atom. The fraction of sp³-hybridized carbons (Fsp3) is 0.421. The summed E-state index contributed by atoms with van der Waals surface area (Å²) in [6, 6.07) is 5.57. The van der Waals surface area contributed by atoms with Gasteiger partial charge < -0.3 is 14.6 Å². The van der Waals surface area contributed by atoms with Crippen molar-refractivity contribution in [3.05, 3.63) is 41.4 Å². The monoisotopic (exact) mass is 390 g/mol. The van der Waals surface area contributed by atoms with E-state index in [1.807, 2.05) is 0 Å². The third-order valence-electron chi connectivity index (χ3n) is 4.68. The maximum Gasteiger partial charge on any atom is 0.325 e. The first-order valence-electron chi connectivity index (χ1n) is 9.04. The zero-order valence-corrected chi connectivity index (χ0v) is 15.8. The minimum atomic E-state index is -0.608. The number of carbonyl (C=O) groups is 2. The highest BCUT2D eigenvalue weighted by Crippen LogP contribution is 2.22. The summed E-state index contributed by atoms with van der Waals surface area (Å²) < 4.78 is 23.8. The molecule has 0 unspecified atom stereocenters. The lowest BCUT2D eigenvalue weighted by Gasteiger charge is -2.30. The lowest BCUT2D eigenvalue weighted by atomic mass is 9.96. The first-order valence-corrected chi connectivity index (χ1v) is 9.04. The number of hydrogen-bond donors (Lipinski definition) is 2. The lowest BCUT2D eigenvalue weighted by molar-refractivity contribution is -0.147. The van der Waals surface area contributed by atoms with Gasteiger partial charge in [-0.05, 0) is 50.6 Å². The molecular weight excluding hydrogens is 367 g/mol. The van der Waals surface area contributed by atoms with Gasteiger partial charge in [-0.3, -0.25) is 15.0 Å². The fourth-order valence-electron chi connectivity index (χ4n) is 3.21. The molecule has 3 rings (SSSR count). The number of anilines is 2. The number of benzene rings is 1. The van der Waals surface area contributed by atoms with Crippen molar-refractivity contribution in [2.45, 2.75) is 26.3 Å².